The van der Waals surface area contributed by atoms with E-state index in [1.807, 2.05) is 20.8 Å². The van der Waals surface area contributed by atoms with Crippen molar-refractivity contribution in [3.05, 3.63) is 23.5 Å². The van der Waals surface area contributed by atoms with E-state index >= 15 is 0 Å². The number of hydrogen-bond donors (Lipinski definition) is 2. The Morgan fingerprint density at radius 2 is 2.00 bits per heavy atom. The third-order valence-corrected chi connectivity index (χ3v) is 3.67. The smallest absolute Gasteiger partial charge is 0.407 e. The molecule has 0 aromatic carbocycles. The molecule has 0 saturated heterocycles. The number of amides is 1. The first kappa shape index (κ1) is 20.6. The Morgan fingerprint density at radius 3 is 2.62 bits per heavy atom. The van der Waals surface area contributed by atoms with Crippen molar-refractivity contribution in [1.29, 1.82) is 0 Å². The van der Waals surface area contributed by atoms with E-state index in [-0.39, 0.29) is 18.7 Å². The summed E-state index contributed by atoms with van der Waals surface area (Å²) >= 11 is 0. The standard InChI is InChI=1S/C19H33NO4/c1-5-8-16(20-18(22)24-19(2,3)4)12-11-15-9-6-7-10-17(15)23-14-13-21/h9-10,16,21H,5-8,11-14H2,1-4H3,(H,20,22)/t16-/m0/s1. The van der Waals surface area contributed by atoms with Gasteiger partial charge in [0, 0.05) is 6.04 Å². The van der Waals surface area contributed by atoms with Crippen LogP contribution in [0.2, 0.25) is 0 Å². The van der Waals surface area contributed by atoms with Gasteiger partial charge in [-0.1, -0.05) is 19.4 Å². The van der Waals surface area contributed by atoms with Gasteiger partial charge in [0.25, 0.3) is 0 Å². The van der Waals surface area contributed by atoms with E-state index in [0.717, 1.165) is 44.3 Å². The fourth-order valence-corrected chi connectivity index (χ4v) is 2.68. The molecular formula is C19H33NO4. The number of carbonyl (C=O) groups is 1. The summed E-state index contributed by atoms with van der Waals surface area (Å²) in [6.45, 7) is 8.04. The Bertz CT molecular complexity index is 449. The largest absolute Gasteiger partial charge is 0.491 e. The minimum atomic E-state index is -0.485. The van der Waals surface area contributed by atoms with Crippen LogP contribution in [0.1, 0.15) is 66.2 Å². The lowest BCUT2D eigenvalue weighted by Gasteiger charge is -2.24. The lowest BCUT2D eigenvalue weighted by atomic mass is 9.96. The number of aliphatic hydroxyl groups excluding tert-OH is 1. The zero-order chi connectivity index (χ0) is 18.0. The second kappa shape index (κ2) is 10.4. The molecule has 1 amide bonds. The van der Waals surface area contributed by atoms with Gasteiger partial charge in [0.15, 0.2) is 0 Å². The number of alkyl carbamates (subject to hydrolysis) is 1. The van der Waals surface area contributed by atoms with Crippen LogP contribution in [-0.2, 0) is 9.47 Å². The molecule has 0 unspecified atom stereocenters. The highest BCUT2D eigenvalue weighted by molar-refractivity contribution is 5.68. The second-order valence-corrected chi connectivity index (χ2v) is 7.12. The van der Waals surface area contributed by atoms with Gasteiger partial charge in [0.1, 0.15) is 18.0 Å². The molecule has 1 aliphatic rings. The zero-order valence-electron chi connectivity index (χ0n) is 15.6. The highest BCUT2D eigenvalue weighted by atomic mass is 16.6. The van der Waals surface area contributed by atoms with Crippen molar-refractivity contribution in [1.82, 2.24) is 5.32 Å². The summed E-state index contributed by atoms with van der Waals surface area (Å²) < 4.78 is 11.0. The van der Waals surface area contributed by atoms with Crippen molar-refractivity contribution >= 4 is 6.09 Å². The van der Waals surface area contributed by atoms with Gasteiger partial charge >= 0.3 is 6.09 Å². The van der Waals surface area contributed by atoms with Crippen molar-refractivity contribution < 1.29 is 19.4 Å². The predicted octanol–water partition coefficient (Wildman–Crippen LogP) is 4.07. The van der Waals surface area contributed by atoms with Crippen molar-refractivity contribution in [2.24, 2.45) is 0 Å². The SMILES string of the molecule is CCC[C@@H](CCC1=CCCC=C1OCCO)NC(=O)OC(C)(C)C. The number of ether oxygens (including phenoxy) is 2. The number of hydrogen-bond acceptors (Lipinski definition) is 4. The van der Waals surface area contributed by atoms with Crippen LogP contribution in [0.5, 0.6) is 0 Å². The molecule has 24 heavy (non-hydrogen) atoms. The third-order valence-electron chi connectivity index (χ3n) is 3.67. The first-order valence-electron chi connectivity index (χ1n) is 8.98. The molecule has 0 aromatic heterocycles. The summed E-state index contributed by atoms with van der Waals surface area (Å²) in [5.41, 5.74) is 0.683. The Balaban J connectivity index is 2.54. The normalized spacial score (nSPS) is 16.0. The minimum Gasteiger partial charge on any atom is -0.491 e. The maximum absolute atomic E-state index is 12.0. The molecule has 0 fully saturated rings. The summed E-state index contributed by atoms with van der Waals surface area (Å²) in [6.07, 6.45) is 9.52. The van der Waals surface area contributed by atoms with Gasteiger partial charge in [-0.15, -0.1) is 0 Å². The highest BCUT2D eigenvalue weighted by Crippen LogP contribution is 2.25. The van der Waals surface area contributed by atoms with Crippen LogP contribution < -0.4 is 5.32 Å². The third kappa shape index (κ3) is 8.39. The Hall–Kier alpha value is -1.49. The van der Waals surface area contributed by atoms with Gasteiger partial charge in [-0.05, 0) is 64.5 Å². The first-order chi connectivity index (χ1) is 11.4. The Labute approximate surface area is 146 Å². The average Bonchev–Trinajstić information content (AvgIpc) is 2.49. The van der Waals surface area contributed by atoms with Crippen molar-refractivity contribution in [3.8, 4) is 0 Å². The molecule has 0 spiro atoms. The van der Waals surface area contributed by atoms with Gasteiger partial charge in [0.05, 0.1) is 6.61 Å². The Morgan fingerprint density at radius 1 is 1.29 bits per heavy atom. The summed E-state index contributed by atoms with van der Waals surface area (Å²) in [4.78, 5) is 12.0. The highest BCUT2D eigenvalue weighted by Gasteiger charge is 2.20. The van der Waals surface area contributed by atoms with Crippen LogP contribution in [-0.4, -0.2) is 36.1 Å². The topological polar surface area (TPSA) is 67.8 Å². The van der Waals surface area contributed by atoms with E-state index in [0.29, 0.717) is 6.61 Å². The molecule has 0 radical (unpaired) electrons. The van der Waals surface area contributed by atoms with E-state index in [4.69, 9.17) is 14.6 Å². The maximum Gasteiger partial charge on any atom is 0.407 e. The number of carbonyl (C=O) groups excluding carboxylic acids is 1. The molecule has 5 heteroatoms. The van der Waals surface area contributed by atoms with Crippen LogP contribution in [0.4, 0.5) is 4.79 Å². The molecule has 1 rings (SSSR count). The second-order valence-electron chi connectivity index (χ2n) is 7.12. The van der Waals surface area contributed by atoms with Crippen LogP contribution in [0, 0.1) is 0 Å². The Kier molecular flexibility index (Phi) is 8.90. The lowest BCUT2D eigenvalue weighted by molar-refractivity contribution is 0.0499. The van der Waals surface area contributed by atoms with Crippen LogP contribution in [0.15, 0.2) is 23.5 Å². The lowest BCUT2D eigenvalue weighted by Crippen LogP contribution is -2.39. The molecular weight excluding hydrogens is 306 g/mol. The van der Waals surface area contributed by atoms with Gasteiger partial charge < -0.3 is 19.9 Å². The van der Waals surface area contributed by atoms with Crippen LogP contribution in [0.3, 0.4) is 0 Å². The maximum atomic E-state index is 12.0. The van der Waals surface area contributed by atoms with Crippen molar-refractivity contribution in [2.75, 3.05) is 13.2 Å². The van der Waals surface area contributed by atoms with E-state index in [9.17, 15) is 4.79 Å². The molecule has 0 aliphatic heterocycles. The number of rotatable bonds is 9. The molecule has 2 N–H and O–H groups in total. The number of aliphatic hydroxyl groups is 1. The number of nitrogens with one attached hydrogen (secondary N) is 1. The van der Waals surface area contributed by atoms with Crippen molar-refractivity contribution in [2.45, 2.75) is 77.9 Å². The summed E-state index contributed by atoms with van der Waals surface area (Å²) in [5.74, 6) is 0.878. The summed E-state index contributed by atoms with van der Waals surface area (Å²) in [6, 6.07) is 0.0896. The molecule has 1 aliphatic carbocycles. The fourth-order valence-electron chi connectivity index (χ4n) is 2.68. The van der Waals surface area contributed by atoms with Gasteiger partial charge in [-0.2, -0.15) is 0 Å². The quantitative estimate of drug-likeness (QED) is 0.664. The summed E-state index contributed by atoms with van der Waals surface area (Å²) in [7, 11) is 0. The van der Waals surface area contributed by atoms with Gasteiger partial charge in [0.2, 0.25) is 0 Å². The molecule has 5 nitrogen and oxygen atoms in total. The molecule has 0 saturated carbocycles. The first-order valence-corrected chi connectivity index (χ1v) is 8.98. The molecule has 0 aromatic rings. The van der Waals surface area contributed by atoms with E-state index in [1.54, 1.807) is 0 Å². The minimum absolute atomic E-state index is 0.0171. The van der Waals surface area contributed by atoms with Crippen LogP contribution >= 0.6 is 0 Å². The fraction of sp³-hybridized carbons (Fsp3) is 0.737. The molecule has 0 bridgehead atoms. The average molecular weight is 339 g/mol. The van der Waals surface area contributed by atoms with Crippen molar-refractivity contribution in [3.63, 3.8) is 0 Å². The molecule has 1 atom stereocenters. The zero-order valence-corrected chi connectivity index (χ0v) is 15.6. The molecule has 138 valence electrons. The summed E-state index contributed by atoms with van der Waals surface area (Å²) in [5, 5.41) is 11.9. The van der Waals surface area contributed by atoms with E-state index in [1.165, 1.54) is 5.57 Å². The van der Waals surface area contributed by atoms with E-state index < -0.39 is 5.60 Å². The van der Waals surface area contributed by atoms with Gasteiger partial charge in [-0.3, -0.25) is 0 Å². The molecule has 0 heterocycles. The predicted molar refractivity (Wildman–Crippen MR) is 95.7 cm³/mol. The van der Waals surface area contributed by atoms with Crippen LogP contribution in [0.25, 0.3) is 0 Å². The van der Waals surface area contributed by atoms with Gasteiger partial charge in [-0.25, -0.2) is 4.79 Å². The monoisotopic (exact) mass is 339 g/mol. The van der Waals surface area contributed by atoms with E-state index in [2.05, 4.69) is 24.4 Å². The number of allylic oxidation sites excluding steroid dienone is 3.